The van der Waals surface area contributed by atoms with Gasteiger partial charge in [-0.1, -0.05) is 0 Å². The van der Waals surface area contributed by atoms with Gasteiger partial charge in [0, 0.05) is 11.8 Å². The third kappa shape index (κ3) is 1.27. The summed E-state index contributed by atoms with van der Waals surface area (Å²) in [5.74, 6) is 0.715. The SMILES string of the molecule is COc1ccc2c(oc(=O)c3cccn32)c1C. The van der Waals surface area contributed by atoms with E-state index in [2.05, 4.69) is 0 Å². The fourth-order valence-electron chi connectivity index (χ4n) is 2.10. The van der Waals surface area contributed by atoms with Gasteiger partial charge in [-0.3, -0.25) is 0 Å². The highest BCUT2D eigenvalue weighted by Gasteiger charge is 2.11. The Morgan fingerprint density at radius 1 is 1.24 bits per heavy atom. The number of rotatable bonds is 1. The minimum absolute atomic E-state index is 0.334. The summed E-state index contributed by atoms with van der Waals surface area (Å²) >= 11 is 0. The van der Waals surface area contributed by atoms with Crippen LogP contribution in [0.15, 0.2) is 39.7 Å². The first-order chi connectivity index (χ1) is 8.22. The van der Waals surface area contributed by atoms with Gasteiger partial charge in [-0.05, 0) is 31.2 Å². The van der Waals surface area contributed by atoms with Crippen LogP contribution < -0.4 is 10.4 Å². The maximum atomic E-state index is 11.8. The van der Waals surface area contributed by atoms with Crippen LogP contribution in [0, 0.1) is 6.92 Å². The summed E-state index contributed by atoms with van der Waals surface area (Å²) in [6.45, 7) is 1.87. The van der Waals surface area contributed by atoms with Gasteiger partial charge in [-0.2, -0.15) is 0 Å². The highest BCUT2D eigenvalue weighted by Crippen LogP contribution is 2.26. The lowest BCUT2D eigenvalue weighted by molar-refractivity contribution is 0.410. The maximum absolute atomic E-state index is 11.8. The number of benzene rings is 1. The van der Waals surface area contributed by atoms with Crippen LogP contribution in [0.1, 0.15) is 5.56 Å². The van der Waals surface area contributed by atoms with Crippen LogP contribution >= 0.6 is 0 Å². The first kappa shape index (κ1) is 9.96. The second-order valence-electron chi connectivity index (χ2n) is 3.89. The molecule has 3 rings (SSSR count). The molecule has 3 aromatic rings. The van der Waals surface area contributed by atoms with Crippen LogP contribution in [-0.4, -0.2) is 11.5 Å². The van der Waals surface area contributed by atoms with E-state index in [4.69, 9.17) is 9.15 Å². The predicted molar refractivity (Wildman–Crippen MR) is 64.7 cm³/mol. The van der Waals surface area contributed by atoms with Crippen LogP contribution in [-0.2, 0) is 0 Å². The summed E-state index contributed by atoms with van der Waals surface area (Å²) < 4.78 is 12.4. The molecule has 0 N–H and O–H groups in total. The van der Waals surface area contributed by atoms with Crippen LogP contribution in [0.25, 0.3) is 16.6 Å². The van der Waals surface area contributed by atoms with Crippen molar-refractivity contribution in [2.75, 3.05) is 7.11 Å². The van der Waals surface area contributed by atoms with Gasteiger partial charge in [0.25, 0.3) is 0 Å². The van der Waals surface area contributed by atoms with E-state index in [1.54, 1.807) is 13.2 Å². The zero-order valence-corrected chi connectivity index (χ0v) is 9.56. The first-order valence-electron chi connectivity index (χ1n) is 5.30. The van der Waals surface area contributed by atoms with E-state index in [0.29, 0.717) is 16.8 Å². The fraction of sp³-hybridized carbons (Fsp3) is 0.154. The van der Waals surface area contributed by atoms with Gasteiger partial charge in [-0.25, -0.2) is 4.79 Å². The Labute approximate surface area is 97.0 Å². The number of ether oxygens (including phenoxy) is 1. The van der Waals surface area contributed by atoms with Gasteiger partial charge in [0.1, 0.15) is 11.3 Å². The monoisotopic (exact) mass is 229 g/mol. The molecule has 86 valence electrons. The molecular formula is C13H11NO3. The van der Waals surface area contributed by atoms with Gasteiger partial charge in [-0.15, -0.1) is 0 Å². The molecule has 0 fully saturated rings. The zero-order valence-electron chi connectivity index (χ0n) is 9.56. The molecule has 4 nitrogen and oxygen atoms in total. The van der Waals surface area contributed by atoms with Crippen molar-refractivity contribution < 1.29 is 9.15 Å². The van der Waals surface area contributed by atoms with Crippen LogP contribution in [0.4, 0.5) is 0 Å². The van der Waals surface area contributed by atoms with Crippen molar-refractivity contribution in [3.63, 3.8) is 0 Å². The lowest BCUT2D eigenvalue weighted by atomic mass is 10.2. The molecule has 1 aromatic carbocycles. The zero-order chi connectivity index (χ0) is 12.0. The number of methoxy groups -OCH3 is 1. The van der Waals surface area contributed by atoms with E-state index in [1.807, 2.05) is 35.7 Å². The van der Waals surface area contributed by atoms with Crippen LogP contribution in [0.2, 0.25) is 0 Å². The Balaban J connectivity index is 2.58. The third-order valence-corrected chi connectivity index (χ3v) is 2.97. The average molecular weight is 229 g/mol. The third-order valence-electron chi connectivity index (χ3n) is 2.97. The van der Waals surface area contributed by atoms with Crippen molar-refractivity contribution in [3.05, 3.63) is 46.4 Å². The Morgan fingerprint density at radius 3 is 2.82 bits per heavy atom. The molecule has 0 saturated heterocycles. The summed E-state index contributed by atoms with van der Waals surface area (Å²) in [5, 5.41) is 0. The quantitative estimate of drug-likeness (QED) is 0.643. The molecule has 2 aromatic heterocycles. The lowest BCUT2D eigenvalue weighted by Gasteiger charge is -2.08. The average Bonchev–Trinajstić information content (AvgIpc) is 2.81. The highest BCUT2D eigenvalue weighted by molar-refractivity contribution is 5.81. The van der Waals surface area contributed by atoms with E-state index < -0.39 is 0 Å². The topological polar surface area (TPSA) is 43.8 Å². The highest BCUT2D eigenvalue weighted by atomic mass is 16.5. The molecule has 0 saturated carbocycles. The smallest absolute Gasteiger partial charge is 0.360 e. The van der Waals surface area contributed by atoms with Gasteiger partial charge in [0.05, 0.1) is 12.6 Å². The number of hydrogen-bond acceptors (Lipinski definition) is 3. The molecule has 0 bridgehead atoms. The summed E-state index contributed by atoms with van der Waals surface area (Å²) in [5.41, 5.74) is 2.47. The van der Waals surface area contributed by atoms with Crippen molar-refractivity contribution in [1.29, 1.82) is 0 Å². The molecule has 0 amide bonds. The molecular weight excluding hydrogens is 218 g/mol. The first-order valence-corrected chi connectivity index (χ1v) is 5.30. The lowest BCUT2D eigenvalue weighted by Crippen LogP contribution is -2.04. The van der Waals surface area contributed by atoms with Crippen molar-refractivity contribution in [1.82, 2.24) is 4.40 Å². The van der Waals surface area contributed by atoms with Gasteiger partial charge in [0.15, 0.2) is 5.58 Å². The maximum Gasteiger partial charge on any atom is 0.360 e. The van der Waals surface area contributed by atoms with E-state index in [0.717, 1.165) is 11.1 Å². The summed E-state index contributed by atoms with van der Waals surface area (Å²) in [7, 11) is 1.60. The Morgan fingerprint density at radius 2 is 2.06 bits per heavy atom. The number of nitrogens with zero attached hydrogens (tertiary/aromatic N) is 1. The Kier molecular flexibility index (Phi) is 1.98. The molecule has 17 heavy (non-hydrogen) atoms. The Bertz CT molecular complexity index is 767. The standard InChI is InChI=1S/C13H11NO3/c1-8-11(16-2)6-5-9-12(8)17-13(15)10-4-3-7-14(9)10/h3-7H,1-2H3. The molecule has 2 heterocycles. The van der Waals surface area contributed by atoms with E-state index in [-0.39, 0.29) is 5.63 Å². The van der Waals surface area contributed by atoms with Crippen molar-refractivity contribution >= 4 is 16.6 Å². The molecule has 0 radical (unpaired) electrons. The summed E-state index contributed by atoms with van der Waals surface area (Å²) in [6.07, 6.45) is 1.85. The fourth-order valence-corrected chi connectivity index (χ4v) is 2.10. The van der Waals surface area contributed by atoms with E-state index in [9.17, 15) is 4.79 Å². The van der Waals surface area contributed by atoms with Crippen molar-refractivity contribution in [3.8, 4) is 5.75 Å². The second-order valence-corrected chi connectivity index (χ2v) is 3.89. The number of fused-ring (bicyclic) bond motifs is 3. The molecule has 0 aliphatic heterocycles. The minimum atomic E-state index is -0.334. The van der Waals surface area contributed by atoms with Crippen molar-refractivity contribution in [2.24, 2.45) is 0 Å². The van der Waals surface area contributed by atoms with Gasteiger partial charge in [0.2, 0.25) is 0 Å². The van der Waals surface area contributed by atoms with Gasteiger partial charge >= 0.3 is 5.63 Å². The van der Waals surface area contributed by atoms with E-state index >= 15 is 0 Å². The second kappa shape index (κ2) is 3.38. The molecule has 0 aliphatic rings. The van der Waals surface area contributed by atoms with E-state index in [1.165, 1.54) is 0 Å². The summed E-state index contributed by atoms with van der Waals surface area (Å²) in [4.78, 5) is 11.8. The van der Waals surface area contributed by atoms with Gasteiger partial charge < -0.3 is 13.6 Å². The molecule has 0 aliphatic carbocycles. The van der Waals surface area contributed by atoms with Crippen LogP contribution in [0.5, 0.6) is 5.75 Å². The molecule has 0 unspecified atom stereocenters. The number of hydrogen-bond donors (Lipinski definition) is 0. The number of aromatic nitrogens is 1. The Hall–Kier alpha value is -2.23. The largest absolute Gasteiger partial charge is 0.496 e. The normalized spacial score (nSPS) is 11.2. The molecule has 4 heteroatoms. The molecule has 0 spiro atoms. The summed E-state index contributed by atoms with van der Waals surface area (Å²) in [6, 6.07) is 7.32. The van der Waals surface area contributed by atoms with Crippen molar-refractivity contribution in [2.45, 2.75) is 6.92 Å². The van der Waals surface area contributed by atoms with Crippen LogP contribution in [0.3, 0.4) is 0 Å². The predicted octanol–water partition coefficient (Wildman–Crippen LogP) is 2.36. The molecule has 0 atom stereocenters. The minimum Gasteiger partial charge on any atom is -0.496 e. The number of aryl methyl sites for hydroxylation is 1.